The van der Waals surface area contributed by atoms with E-state index in [2.05, 4.69) is 25.4 Å². The van der Waals surface area contributed by atoms with Crippen LogP contribution in [0.5, 0.6) is 0 Å². The first-order chi connectivity index (χ1) is 5.47. The number of rotatable bonds is 1. The van der Waals surface area contributed by atoms with Gasteiger partial charge in [-0.2, -0.15) is 10.2 Å². The number of hydrogen-bond acceptors (Lipinski definition) is 4. The van der Waals surface area contributed by atoms with E-state index in [1.54, 1.807) is 18.5 Å². The summed E-state index contributed by atoms with van der Waals surface area (Å²) < 4.78 is 0. The van der Waals surface area contributed by atoms with E-state index in [-0.39, 0.29) is 0 Å². The minimum Gasteiger partial charge on any atom is -0.275 e. The molecule has 5 nitrogen and oxygen atoms in total. The van der Waals surface area contributed by atoms with Crippen molar-refractivity contribution in [1.29, 1.82) is 0 Å². The van der Waals surface area contributed by atoms with Gasteiger partial charge in [0.1, 0.15) is 5.69 Å². The molecule has 0 unspecified atom stereocenters. The van der Waals surface area contributed by atoms with Crippen LogP contribution in [0.1, 0.15) is 0 Å². The maximum Gasteiger partial charge on any atom is 0.199 e. The predicted molar refractivity (Wildman–Crippen MR) is 37.4 cm³/mol. The zero-order valence-corrected chi connectivity index (χ0v) is 5.60. The molecule has 2 rings (SSSR count). The van der Waals surface area contributed by atoms with Gasteiger partial charge < -0.3 is 0 Å². The molecule has 2 heterocycles. The molecule has 0 aliphatic carbocycles. The largest absolute Gasteiger partial charge is 0.275 e. The summed E-state index contributed by atoms with van der Waals surface area (Å²) in [6.45, 7) is 0. The fourth-order valence-electron chi connectivity index (χ4n) is 0.751. The van der Waals surface area contributed by atoms with Crippen molar-refractivity contribution < 1.29 is 0 Å². The third-order valence-electron chi connectivity index (χ3n) is 1.22. The standard InChI is InChI=1S/C6H5N5/c1-2-8-10-5(1)6-7-3-4-9-11-6/h1-4H,(H,8,10). The summed E-state index contributed by atoms with van der Waals surface area (Å²) in [5, 5.41) is 14.0. The minimum atomic E-state index is 0.560. The smallest absolute Gasteiger partial charge is 0.199 e. The van der Waals surface area contributed by atoms with Crippen LogP contribution in [0.3, 0.4) is 0 Å². The summed E-state index contributed by atoms with van der Waals surface area (Å²) in [5.41, 5.74) is 0.776. The Bertz CT molecular complexity index is 314. The van der Waals surface area contributed by atoms with Crippen LogP contribution in [0.15, 0.2) is 24.7 Å². The molecule has 0 fully saturated rings. The number of aromatic amines is 1. The second kappa shape index (κ2) is 2.45. The Kier molecular flexibility index (Phi) is 1.33. The highest BCUT2D eigenvalue weighted by molar-refractivity contribution is 5.45. The molecule has 1 N–H and O–H groups in total. The maximum atomic E-state index is 3.98. The van der Waals surface area contributed by atoms with Gasteiger partial charge >= 0.3 is 0 Å². The van der Waals surface area contributed by atoms with Gasteiger partial charge in [0.2, 0.25) is 0 Å². The number of nitrogens with one attached hydrogen (secondary N) is 1. The summed E-state index contributed by atoms with van der Waals surface area (Å²) in [4.78, 5) is 3.98. The summed E-state index contributed by atoms with van der Waals surface area (Å²) in [5.74, 6) is 0.560. The first-order valence-electron chi connectivity index (χ1n) is 3.10. The zero-order valence-electron chi connectivity index (χ0n) is 5.60. The second-order valence-corrected chi connectivity index (χ2v) is 1.94. The molecule has 54 valence electrons. The Balaban J connectivity index is 2.46. The zero-order chi connectivity index (χ0) is 7.52. The van der Waals surface area contributed by atoms with Crippen molar-refractivity contribution >= 4 is 0 Å². The monoisotopic (exact) mass is 147 g/mol. The first kappa shape index (κ1) is 5.96. The molecule has 0 bridgehead atoms. The highest BCUT2D eigenvalue weighted by Gasteiger charge is 1.99. The van der Waals surface area contributed by atoms with Gasteiger partial charge in [0, 0.05) is 12.4 Å². The van der Waals surface area contributed by atoms with Gasteiger partial charge in [0.05, 0.1) is 6.20 Å². The van der Waals surface area contributed by atoms with Crippen LogP contribution in [-0.2, 0) is 0 Å². The molecule has 11 heavy (non-hydrogen) atoms. The van der Waals surface area contributed by atoms with Crippen LogP contribution in [0.4, 0.5) is 0 Å². The molecule has 0 spiro atoms. The average molecular weight is 147 g/mol. The molecule has 0 amide bonds. The van der Waals surface area contributed by atoms with Gasteiger partial charge in [0.15, 0.2) is 5.82 Å². The van der Waals surface area contributed by atoms with E-state index in [4.69, 9.17) is 0 Å². The number of aromatic nitrogens is 5. The van der Waals surface area contributed by atoms with Crippen LogP contribution in [0.25, 0.3) is 11.5 Å². The lowest BCUT2D eigenvalue weighted by atomic mass is 10.4. The van der Waals surface area contributed by atoms with E-state index in [0.717, 1.165) is 5.69 Å². The fourth-order valence-corrected chi connectivity index (χ4v) is 0.751. The van der Waals surface area contributed by atoms with Gasteiger partial charge in [-0.3, -0.25) is 5.10 Å². The first-order valence-corrected chi connectivity index (χ1v) is 3.10. The molecular weight excluding hydrogens is 142 g/mol. The van der Waals surface area contributed by atoms with E-state index in [1.807, 2.05) is 0 Å². The number of hydrogen-bond donors (Lipinski definition) is 1. The number of H-pyrrole nitrogens is 1. The molecule has 2 aromatic rings. The van der Waals surface area contributed by atoms with Crippen molar-refractivity contribution in [3.05, 3.63) is 24.7 Å². The molecular formula is C6H5N5. The third kappa shape index (κ3) is 1.07. The van der Waals surface area contributed by atoms with Gasteiger partial charge in [-0.25, -0.2) is 4.98 Å². The van der Waals surface area contributed by atoms with E-state index < -0.39 is 0 Å². The lowest BCUT2D eigenvalue weighted by Gasteiger charge is -1.89. The number of nitrogens with zero attached hydrogens (tertiary/aromatic N) is 4. The van der Waals surface area contributed by atoms with E-state index >= 15 is 0 Å². The lowest BCUT2D eigenvalue weighted by Crippen LogP contribution is -1.89. The van der Waals surface area contributed by atoms with Crippen molar-refractivity contribution in [3.8, 4) is 11.5 Å². The topological polar surface area (TPSA) is 67.3 Å². The normalized spacial score (nSPS) is 9.82. The molecule has 2 aromatic heterocycles. The Hall–Kier alpha value is -1.78. The van der Waals surface area contributed by atoms with Crippen molar-refractivity contribution in [2.24, 2.45) is 0 Å². The SMILES string of the molecule is c1cnc(-c2ccn[nH]2)nn1. The van der Waals surface area contributed by atoms with Crippen LogP contribution in [-0.4, -0.2) is 25.4 Å². The van der Waals surface area contributed by atoms with E-state index in [9.17, 15) is 0 Å². The highest BCUT2D eigenvalue weighted by Crippen LogP contribution is 2.05. The van der Waals surface area contributed by atoms with Crippen molar-refractivity contribution in [2.45, 2.75) is 0 Å². The van der Waals surface area contributed by atoms with Crippen LogP contribution < -0.4 is 0 Å². The van der Waals surface area contributed by atoms with Crippen LogP contribution in [0.2, 0.25) is 0 Å². The summed E-state index contributed by atoms with van der Waals surface area (Å²) in [7, 11) is 0. The van der Waals surface area contributed by atoms with E-state index in [1.165, 1.54) is 6.20 Å². The summed E-state index contributed by atoms with van der Waals surface area (Å²) in [6, 6.07) is 1.79. The van der Waals surface area contributed by atoms with Crippen molar-refractivity contribution in [1.82, 2.24) is 25.4 Å². The minimum absolute atomic E-state index is 0.560. The Labute approximate surface area is 62.5 Å². The summed E-state index contributed by atoms with van der Waals surface area (Å²) in [6.07, 6.45) is 4.76. The predicted octanol–water partition coefficient (Wildman–Crippen LogP) is 0.262. The molecule has 0 saturated carbocycles. The van der Waals surface area contributed by atoms with Gasteiger partial charge in [-0.15, -0.1) is 5.10 Å². The van der Waals surface area contributed by atoms with Crippen molar-refractivity contribution in [3.63, 3.8) is 0 Å². The average Bonchev–Trinajstić information content (AvgIpc) is 2.58. The third-order valence-corrected chi connectivity index (χ3v) is 1.22. The van der Waals surface area contributed by atoms with Crippen LogP contribution >= 0.6 is 0 Å². The molecule has 0 radical (unpaired) electrons. The van der Waals surface area contributed by atoms with E-state index in [0.29, 0.717) is 5.82 Å². The van der Waals surface area contributed by atoms with Gasteiger partial charge in [-0.1, -0.05) is 0 Å². The van der Waals surface area contributed by atoms with Crippen molar-refractivity contribution in [2.75, 3.05) is 0 Å². The molecule has 0 saturated heterocycles. The lowest BCUT2D eigenvalue weighted by molar-refractivity contribution is 0.962. The maximum absolute atomic E-state index is 3.98. The van der Waals surface area contributed by atoms with Crippen LogP contribution in [0, 0.1) is 0 Å². The molecule has 5 heteroatoms. The van der Waals surface area contributed by atoms with Gasteiger partial charge in [0.25, 0.3) is 0 Å². The van der Waals surface area contributed by atoms with Gasteiger partial charge in [-0.05, 0) is 6.07 Å². The molecule has 0 aliphatic rings. The fraction of sp³-hybridized carbons (Fsp3) is 0. The quantitative estimate of drug-likeness (QED) is 0.628. The molecule has 0 aliphatic heterocycles. The Morgan fingerprint density at radius 3 is 2.82 bits per heavy atom. The Morgan fingerprint density at radius 1 is 1.18 bits per heavy atom. The molecule has 0 aromatic carbocycles. The highest BCUT2D eigenvalue weighted by atomic mass is 15.2. The Morgan fingerprint density at radius 2 is 2.18 bits per heavy atom. The second-order valence-electron chi connectivity index (χ2n) is 1.94. The molecule has 0 atom stereocenters. The summed E-state index contributed by atoms with van der Waals surface area (Å²) >= 11 is 0.